The van der Waals surface area contributed by atoms with Crippen molar-refractivity contribution in [1.82, 2.24) is 15.4 Å². The van der Waals surface area contributed by atoms with Crippen LogP contribution in [0.4, 0.5) is 4.79 Å². The summed E-state index contributed by atoms with van der Waals surface area (Å²) in [5.41, 5.74) is 3.21. The molecule has 0 atom stereocenters. The van der Waals surface area contributed by atoms with E-state index in [-0.39, 0.29) is 6.03 Å². The Morgan fingerprint density at radius 1 is 1.38 bits per heavy atom. The highest BCUT2D eigenvalue weighted by Crippen LogP contribution is 2.40. The molecule has 0 unspecified atom stereocenters. The molecule has 0 spiro atoms. The fraction of sp³-hybridized carbons (Fsp3) is 0.444. The van der Waals surface area contributed by atoms with Crippen LogP contribution in [0.1, 0.15) is 41.3 Å². The lowest BCUT2D eigenvalue weighted by molar-refractivity contribution is 0.191. The predicted octanol–water partition coefficient (Wildman–Crippen LogP) is 2.83. The number of carbonyl (C=O) groups is 1. The van der Waals surface area contributed by atoms with E-state index in [4.69, 9.17) is 9.26 Å². The number of ether oxygens (including phenoxy) is 1. The first kappa shape index (κ1) is 15.1. The average molecular weight is 327 g/mol. The van der Waals surface area contributed by atoms with Gasteiger partial charge in [0.05, 0.1) is 13.7 Å². The van der Waals surface area contributed by atoms with E-state index in [1.807, 2.05) is 23.1 Å². The molecule has 0 bridgehead atoms. The van der Waals surface area contributed by atoms with Crippen LogP contribution in [-0.4, -0.2) is 29.7 Å². The van der Waals surface area contributed by atoms with Gasteiger partial charge in [-0.2, -0.15) is 0 Å². The second-order valence-corrected chi connectivity index (χ2v) is 6.46. The van der Waals surface area contributed by atoms with Crippen molar-refractivity contribution in [3.8, 4) is 5.75 Å². The Morgan fingerprint density at radius 2 is 2.25 bits per heavy atom. The fourth-order valence-electron chi connectivity index (χ4n) is 3.08. The van der Waals surface area contributed by atoms with Crippen molar-refractivity contribution in [2.75, 3.05) is 13.7 Å². The Balaban J connectivity index is 1.34. The molecule has 1 aromatic carbocycles. The number of aromatic nitrogens is 1. The molecule has 1 aliphatic heterocycles. The van der Waals surface area contributed by atoms with Gasteiger partial charge in [0.2, 0.25) is 0 Å². The number of amides is 2. The minimum Gasteiger partial charge on any atom is -0.497 e. The molecule has 6 heteroatoms. The summed E-state index contributed by atoms with van der Waals surface area (Å²) in [6.45, 7) is 1.73. The zero-order chi connectivity index (χ0) is 16.5. The van der Waals surface area contributed by atoms with E-state index < -0.39 is 0 Å². The number of benzene rings is 1. The van der Waals surface area contributed by atoms with Gasteiger partial charge in [0, 0.05) is 25.1 Å². The number of nitrogens with zero attached hydrogens (tertiary/aromatic N) is 2. The van der Waals surface area contributed by atoms with E-state index in [0.29, 0.717) is 25.6 Å². The predicted molar refractivity (Wildman–Crippen MR) is 87.8 cm³/mol. The van der Waals surface area contributed by atoms with Crippen molar-refractivity contribution < 1.29 is 14.1 Å². The number of methoxy groups -OCH3 is 1. The number of fused-ring (bicyclic) bond motifs is 1. The monoisotopic (exact) mass is 327 g/mol. The molecule has 2 aliphatic rings. The van der Waals surface area contributed by atoms with E-state index in [9.17, 15) is 4.79 Å². The highest BCUT2D eigenvalue weighted by Gasteiger charge is 2.28. The summed E-state index contributed by atoms with van der Waals surface area (Å²) in [7, 11) is 1.67. The van der Waals surface area contributed by atoms with E-state index >= 15 is 0 Å². The smallest absolute Gasteiger partial charge is 0.318 e. The van der Waals surface area contributed by atoms with Crippen LogP contribution in [-0.2, 0) is 19.5 Å². The third-order valence-corrected chi connectivity index (χ3v) is 4.69. The average Bonchev–Trinajstić information content (AvgIpc) is 3.37. The van der Waals surface area contributed by atoms with Crippen molar-refractivity contribution in [3.05, 3.63) is 46.8 Å². The van der Waals surface area contributed by atoms with Gasteiger partial charge in [0.25, 0.3) is 0 Å². The lowest BCUT2D eigenvalue weighted by Crippen LogP contribution is -2.42. The summed E-state index contributed by atoms with van der Waals surface area (Å²) in [5, 5.41) is 6.96. The number of hydrogen-bond acceptors (Lipinski definition) is 4. The van der Waals surface area contributed by atoms with Crippen molar-refractivity contribution in [3.63, 3.8) is 0 Å². The van der Waals surface area contributed by atoms with Gasteiger partial charge >= 0.3 is 6.03 Å². The van der Waals surface area contributed by atoms with Crippen LogP contribution < -0.4 is 10.1 Å². The SMILES string of the molecule is COc1ccc2c(c1)CCN(C(=O)NCc1cc(C3CC3)on1)C2. The standard InChI is InChI=1S/C18H21N3O3/c1-23-16-5-4-14-11-21(7-6-13(14)8-16)18(22)19-10-15-9-17(24-20-15)12-2-3-12/h4-5,8-9,12H,2-3,6-7,10-11H2,1H3,(H,19,22). The lowest BCUT2D eigenvalue weighted by atomic mass is 10.00. The highest BCUT2D eigenvalue weighted by molar-refractivity contribution is 5.74. The van der Waals surface area contributed by atoms with Gasteiger partial charge < -0.3 is 19.5 Å². The Hall–Kier alpha value is -2.50. The summed E-state index contributed by atoms with van der Waals surface area (Å²) < 4.78 is 10.6. The van der Waals surface area contributed by atoms with Crippen LogP contribution in [0.15, 0.2) is 28.8 Å². The van der Waals surface area contributed by atoms with Gasteiger partial charge in [-0.05, 0) is 42.5 Å². The van der Waals surface area contributed by atoms with E-state index in [1.54, 1.807) is 7.11 Å². The Bertz CT molecular complexity index is 752. The second-order valence-electron chi connectivity index (χ2n) is 6.46. The third-order valence-electron chi connectivity index (χ3n) is 4.69. The lowest BCUT2D eigenvalue weighted by Gasteiger charge is -2.29. The number of hydrogen-bond donors (Lipinski definition) is 1. The van der Waals surface area contributed by atoms with Gasteiger partial charge in [0.1, 0.15) is 17.2 Å². The normalized spacial score (nSPS) is 16.6. The van der Waals surface area contributed by atoms with Gasteiger partial charge in [0.15, 0.2) is 0 Å². The summed E-state index contributed by atoms with van der Waals surface area (Å²) in [4.78, 5) is 14.2. The maximum absolute atomic E-state index is 12.4. The molecule has 1 aromatic heterocycles. The zero-order valence-electron chi connectivity index (χ0n) is 13.7. The molecule has 0 saturated heterocycles. The van der Waals surface area contributed by atoms with Crippen molar-refractivity contribution in [1.29, 1.82) is 0 Å². The number of rotatable bonds is 4. The van der Waals surface area contributed by atoms with E-state index in [0.717, 1.165) is 23.6 Å². The molecule has 126 valence electrons. The quantitative estimate of drug-likeness (QED) is 0.937. The Labute approximate surface area is 140 Å². The fourth-order valence-corrected chi connectivity index (χ4v) is 3.08. The van der Waals surface area contributed by atoms with Crippen LogP contribution in [0.5, 0.6) is 5.75 Å². The molecule has 0 radical (unpaired) electrons. The van der Waals surface area contributed by atoms with Crippen LogP contribution >= 0.6 is 0 Å². The Kier molecular flexibility index (Phi) is 3.88. The van der Waals surface area contributed by atoms with Gasteiger partial charge in [-0.1, -0.05) is 11.2 Å². The highest BCUT2D eigenvalue weighted by atomic mass is 16.5. The largest absolute Gasteiger partial charge is 0.497 e. The van der Waals surface area contributed by atoms with Gasteiger partial charge in [-0.3, -0.25) is 0 Å². The molecule has 4 rings (SSSR count). The maximum Gasteiger partial charge on any atom is 0.318 e. The molecule has 2 heterocycles. The first-order valence-corrected chi connectivity index (χ1v) is 8.37. The zero-order valence-corrected chi connectivity index (χ0v) is 13.7. The molecule has 1 N–H and O–H groups in total. The van der Waals surface area contributed by atoms with Crippen LogP contribution in [0, 0.1) is 0 Å². The summed E-state index contributed by atoms with van der Waals surface area (Å²) in [5.74, 6) is 2.35. The molecule has 2 aromatic rings. The summed E-state index contributed by atoms with van der Waals surface area (Å²) >= 11 is 0. The van der Waals surface area contributed by atoms with Crippen LogP contribution in [0.2, 0.25) is 0 Å². The molecule has 24 heavy (non-hydrogen) atoms. The molecule has 1 aliphatic carbocycles. The van der Waals surface area contributed by atoms with Gasteiger partial charge in [-0.15, -0.1) is 0 Å². The molecular weight excluding hydrogens is 306 g/mol. The number of nitrogens with one attached hydrogen (secondary N) is 1. The minimum atomic E-state index is -0.0626. The summed E-state index contributed by atoms with van der Waals surface area (Å²) in [6.07, 6.45) is 3.20. The molecular formula is C18H21N3O3. The first-order chi connectivity index (χ1) is 11.7. The maximum atomic E-state index is 12.4. The van der Waals surface area contributed by atoms with Gasteiger partial charge in [-0.25, -0.2) is 4.79 Å². The molecule has 1 fully saturated rings. The molecule has 1 saturated carbocycles. The third kappa shape index (κ3) is 3.09. The molecule has 6 nitrogen and oxygen atoms in total. The van der Waals surface area contributed by atoms with E-state index in [1.165, 1.54) is 24.0 Å². The Morgan fingerprint density at radius 3 is 3.04 bits per heavy atom. The van der Waals surface area contributed by atoms with E-state index in [2.05, 4.69) is 16.5 Å². The minimum absolute atomic E-state index is 0.0626. The second kappa shape index (κ2) is 6.19. The summed E-state index contributed by atoms with van der Waals surface area (Å²) in [6, 6.07) is 7.92. The number of urea groups is 1. The number of carbonyl (C=O) groups excluding carboxylic acids is 1. The van der Waals surface area contributed by atoms with Crippen molar-refractivity contribution in [2.45, 2.75) is 38.3 Å². The first-order valence-electron chi connectivity index (χ1n) is 8.37. The molecule has 2 amide bonds. The topological polar surface area (TPSA) is 67.6 Å². The van der Waals surface area contributed by atoms with Crippen LogP contribution in [0.3, 0.4) is 0 Å². The van der Waals surface area contributed by atoms with Crippen molar-refractivity contribution >= 4 is 6.03 Å². The van der Waals surface area contributed by atoms with Crippen LogP contribution in [0.25, 0.3) is 0 Å². The van der Waals surface area contributed by atoms with Crippen molar-refractivity contribution in [2.24, 2.45) is 0 Å².